The maximum absolute atomic E-state index is 12.0. The molecule has 0 aliphatic rings. The summed E-state index contributed by atoms with van der Waals surface area (Å²) in [5, 5.41) is 7.15. The van der Waals surface area contributed by atoms with Crippen molar-refractivity contribution in [1.82, 2.24) is 15.1 Å². The number of amides is 1. The zero-order valence-corrected chi connectivity index (χ0v) is 13.5. The lowest BCUT2D eigenvalue weighted by atomic mass is 10.1. The van der Waals surface area contributed by atoms with Gasteiger partial charge in [-0.3, -0.25) is 9.48 Å². The van der Waals surface area contributed by atoms with Crippen molar-refractivity contribution in [1.29, 1.82) is 0 Å². The number of nitrogens with zero attached hydrogens (tertiary/aromatic N) is 3. The largest absolute Gasteiger partial charge is 0.378 e. The average molecular weight is 300 g/mol. The van der Waals surface area contributed by atoms with Gasteiger partial charge < -0.3 is 10.2 Å². The quantitative estimate of drug-likeness (QED) is 0.852. The first-order valence-electron chi connectivity index (χ1n) is 7.57. The van der Waals surface area contributed by atoms with E-state index in [4.69, 9.17) is 0 Å². The molecule has 5 heteroatoms. The van der Waals surface area contributed by atoms with Crippen molar-refractivity contribution in [2.75, 3.05) is 19.0 Å². The maximum Gasteiger partial charge on any atom is 0.220 e. The highest BCUT2D eigenvalue weighted by Crippen LogP contribution is 2.13. The van der Waals surface area contributed by atoms with E-state index < -0.39 is 0 Å². The van der Waals surface area contributed by atoms with E-state index in [0.717, 1.165) is 6.42 Å². The number of nitrogens with one attached hydrogen (secondary N) is 1. The number of aryl methyl sites for hydroxylation is 1. The van der Waals surface area contributed by atoms with Gasteiger partial charge in [-0.15, -0.1) is 0 Å². The van der Waals surface area contributed by atoms with Crippen LogP contribution in [0.2, 0.25) is 0 Å². The second-order valence-electron chi connectivity index (χ2n) is 5.76. The fourth-order valence-electron chi connectivity index (χ4n) is 2.30. The summed E-state index contributed by atoms with van der Waals surface area (Å²) in [6, 6.07) is 10.3. The molecule has 1 heterocycles. The van der Waals surface area contributed by atoms with Crippen LogP contribution in [0.1, 0.15) is 18.9 Å². The first kappa shape index (κ1) is 16.1. The number of hydrogen-bond donors (Lipinski definition) is 1. The van der Waals surface area contributed by atoms with Crippen LogP contribution in [0, 0.1) is 0 Å². The summed E-state index contributed by atoms with van der Waals surface area (Å²) in [6.07, 6.45) is 4.90. The van der Waals surface area contributed by atoms with Gasteiger partial charge in [-0.1, -0.05) is 12.1 Å². The van der Waals surface area contributed by atoms with Crippen LogP contribution in [-0.2, 0) is 17.8 Å². The van der Waals surface area contributed by atoms with Gasteiger partial charge in [0.15, 0.2) is 0 Å². The molecule has 1 amide bonds. The number of rotatable bonds is 7. The zero-order chi connectivity index (χ0) is 15.9. The third-order valence-corrected chi connectivity index (χ3v) is 3.52. The molecule has 0 saturated heterocycles. The molecular formula is C17H24N4O. The molecule has 22 heavy (non-hydrogen) atoms. The third kappa shape index (κ3) is 4.91. The Kier molecular flexibility index (Phi) is 5.58. The van der Waals surface area contributed by atoms with Crippen LogP contribution in [-0.4, -0.2) is 35.8 Å². The summed E-state index contributed by atoms with van der Waals surface area (Å²) < 4.78 is 1.82. The van der Waals surface area contributed by atoms with Gasteiger partial charge in [0, 0.05) is 44.6 Å². The topological polar surface area (TPSA) is 50.2 Å². The second kappa shape index (κ2) is 7.64. The number of carbonyl (C=O) groups excluding carboxylic acids is 1. The Labute approximate surface area is 131 Å². The highest BCUT2D eigenvalue weighted by Gasteiger charge is 2.08. The molecule has 0 bridgehead atoms. The number of carbonyl (C=O) groups is 1. The number of benzene rings is 1. The molecule has 1 aromatic heterocycles. The highest BCUT2D eigenvalue weighted by atomic mass is 16.1. The molecule has 0 fully saturated rings. The molecule has 1 unspecified atom stereocenters. The summed E-state index contributed by atoms with van der Waals surface area (Å²) in [5.74, 6) is 0.0799. The van der Waals surface area contributed by atoms with E-state index in [1.54, 1.807) is 6.20 Å². The normalized spacial score (nSPS) is 12.0. The predicted octanol–water partition coefficient (Wildman–Crippen LogP) is 2.09. The summed E-state index contributed by atoms with van der Waals surface area (Å²) in [4.78, 5) is 14.0. The molecular weight excluding hydrogens is 276 g/mol. The summed E-state index contributed by atoms with van der Waals surface area (Å²) in [7, 11) is 4.03. The van der Waals surface area contributed by atoms with Gasteiger partial charge in [-0.2, -0.15) is 5.10 Å². The van der Waals surface area contributed by atoms with Gasteiger partial charge in [0.25, 0.3) is 0 Å². The standard InChI is InChI=1S/C17H24N4O/c1-14(13-21-12-4-11-18-21)19-17(22)10-7-15-5-8-16(9-6-15)20(2)3/h4-6,8-9,11-12,14H,7,10,13H2,1-3H3,(H,19,22). The summed E-state index contributed by atoms with van der Waals surface area (Å²) in [5.41, 5.74) is 2.35. The van der Waals surface area contributed by atoms with Gasteiger partial charge in [0.2, 0.25) is 5.91 Å². The smallest absolute Gasteiger partial charge is 0.220 e. The van der Waals surface area contributed by atoms with E-state index in [9.17, 15) is 4.79 Å². The first-order chi connectivity index (χ1) is 10.5. The Morgan fingerprint density at radius 1 is 1.32 bits per heavy atom. The predicted molar refractivity (Wildman–Crippen MR) is 88.9 cm³/mol. The van der Waals surface area contributed by atoms with Gasteiger partial charge in [-0.25, -0.2) is 0 Å². The molecule has 118 valence electrons. The lowest BCUT2D eigenvalue weighted by Gasteiger charge is -2.14. The number of anilines is 1. The van der Waals surface area contributed by atoms with Crippen molar-refractivity contribution < 1.29 is 4.79 Å². The fraction of sp³-hybridized carbons (Fsp3) is 0.412. The van der Waals surface area contributed by atoms with Gasteiger partial charge in [0.1, 0.15) is 0 Å². The van der Waals surface area contributed by atoms with Crippen LogP contribution >= 0.6 is 0 Å². The van der Waals surface area contributed by atoms with Crippen LogP contribution in [0.25, 0.3) is 0 Å². The molecule has 5 nitrogen and oxygen atoms in total. The van der Waals surface area contributed by atoms with Crippen LogP contribution < -0.4 is 10.2 Å². The summed E-state index contributed by atoms with van der Waals surface area (Å²) in [6.45, 7) is 2.68. The Hall–Kier alpha value is -2.30. The number of aromatic nitrogens is 2. The van der Waals surface area contributed by atoms with E-state index in [1.807, 2.05) is 38.0 Å². The molecule has 1 aromatic carbocycles. The monoisotopic (exact) mass is 300 g/mol. The molecule has 0 aliphatic carbocycles. The van der Waals surface area contributed by atoms with E-state index >= 15 is 0 Å². The Balaban J connectivity index is 1.75. The lowest BCUT2D eigenvalue weighted by molar-refractivity contribution is -0.121. The van der Waals surface area contributed by atoms with Gasteiger partial charge >= 0.3 is 0 Å². The van der Waals surface area contributed by atoms with Crippen molar-refractivity contribution >= 4 is 11.6 Å². The number of hydrogen-bond acceptors (Lipinski definition) is 3. The fourth-order valence-corrected chi connectivity index (χ4v) is 2.30. The minimum absolute atomic E-state index is 0.0727. The minimum Gasteiger partial charge on any atom is -0.378 e. The van der Waals surface area contributed by atoms with Crippen molar-refractivity contribution in [2.24, 2.45) is 0 Å². The average Bonchev–Trinajstić information content (AvgIpc) is 2.98. The molecule has 0 saturated carbocycles. The van der Waals surface area contributed by atoms with Crippen molar-refractivity contribution in [3.8, 4) is 0 Å². The van der Waals surface area contributed by atoms with Crippen LogP contribution in [0.5, 0.6) is 0 Å². The lowest BCUT2D eigenvalue weighted by Crippen LogP contribution is -2.35. The Morgan fingerprint density at radius 3 is 2.64 bits per heavy atom. The molecule has 0 aliphatic heterocycles. The van der Waals surface area contributed by atoms with Gasteiger partial charge in [-0.05, 0) is 37.1 Å². The molecule has 1 N–H and O–H groups in total. The van der Waals surface area contributed by atoms with E-state index in [2.05, 4.69) is 39.6 Å². The molecule has 2 aromatic rings. The van der Waals surface area contributed by atoms with Gasteiger partial charge in [0.05, 0.1) is 6.54 Å². The molecule has 2 rings (SSSR count). The van der Waals surface area contributed by atoms with Crippen molar-refractivity contribution in [3.63, 3.8) is 0 Å². The minimum atomic E-state index is 0.0727. The van der Waals surface area contributed by atoms with E-state index in [1.165, 1.54) is 11.3 Å². The van der Waals surface area contributed by atoms with Crippen LogP contribution in [0.4, 0.5) is 5.69 Å². The highest BCUT2D eigenvalue weighted by molar-refractivity contribution is 5.76. The SMILES string of the molecule is CC(Cn1cccn1)NC(=O)CCc1ccc(N(C)C)cc1. The van der Waals surface area contributed by atoms with Crippen molar-refractivity contribution in [3.05, 3.63) is 48.3 Å². The molecule has 0 radical (unpaired) electrons. The second-order valence-corrected chi connectivity index (χ2v) is 5.76. The third-order valence-electron chi connectivity index (χ3n) is 3.52. The zero-order valence-electron chi connectivity index (χ0n) is 13.5. The van der Waals surface area contributed by atoms with Crippen LogP contribution in [0.3, 0.4) is 0 Å². The molecule has 0 spiro atoms. The Morgan fingerprint density at radius 2 is 2.05 bits per heavy atom. The maximum atomic E-state index is 12.0. The first-order valence-corrected chi connectivity index (χ1v) is 7.57. The van der Waals surface area contributed by atoms with E-state index in [-0.39, 0.29) is 11.9 Å². The molecule has 1 atom stereocenters. The van der Waals surface area contributed by atoms with Crippen LogP contribution in [0.15, 0.2) is 42.7 Å². The van der Waals surface area contributed by atoms with E-state index in [0.29, 0.717) is 13.0 Å². The van der Waals surface area contributed by atoms with Crippen molar-refractivity contribution in [2.45, 2.75) is 32.4 Å². The Bertz CT molecular complexity index is 575. The summed E-state index contributed by atoms with van der Waals surface area (Å²) >= 11 is 0.